The molecule has 0 fully saturated rings. The number of rotatable bonds is 0. The van der Waals surface area contributed by atoms with Gasteiger partial charge in [-0.25, -0.2) is 12.1 Å². The first-order chi connectivity index (χ1) is 11.9. The molecule has 0 saturated heterocycles. The maximum absolute atomic E-state index is 3.06. The van der Waals surface area contributed by atoms with Gasteiger partial charge in [0.15, 0.2) is 0 Å². The Balaban J connectivity index is 0.000000325. The summed E-state index contributed by atoms with van der Waals surface area (Å²) in [6.07, 6.45) is 0. The Bertz CT molecular complexity index is 1020. The second kappa shape index (κ2) is 11.1. The normalized spacial score (nSPS) is 9.19. The molecule has 26 heavy (non-hydrogen) atoms. The molecular formula is C24H22SiZr-4. The summed E-state index contributed by atoms with van der Waals surface area (Å²) in [7, 11) is 0. The van der Waals surface area contributed by atoms with Crippen LogP contribution >= 0.6 is 0 Å². The first-order valence-corrected chi connectivity index (χ1v) is 12.0. The second-order valence-corrected chi connectivity index (χ2v) is 5.44. The minimum Gasteiger partial charge on any atom is -0.214 e. The summed E-state index contributed by atoms with van der Waals surface area (Å²) in [5, 5.41) is 8.09. The molecule has 0 saturated carbocycles. The third-order valence-electron chi connectivity index (χ3n) is 4.06. The summed E-state index contributed by atoms with van der Waals surface area (Å²) < 4.78 is 0. The zero-order valence-corrected chi connectivity index (χ0v) is 18.7. The van der Waals surface area contributed by atoms with Crippen molar-refractivity contribution < 1.29 is 23.3 Å². The molecule has 0 N–H and O–H groups in total. The molecule has 2 radical (unpaired) electrons. The predicted molar refractivity (Wildman–Crippen MR) is 115 cm³/mol. The Kier molecular flexibility index (Phi) is 9.48. The second-order valence-electron chi connectivity index (χ2n) is 5.44. The molecule has 0 unspecified atom stereocenters. The number of benzene rings is 3. The minimum absolute atomic E-state index is 0. The van der Waals surface area contributed by atoms with Crippen molar-refractivity contribution in [1.82, 2.24) is 0 Å². The first-order valence-electron chi connectivity index (χ1n) is 7.81. The maximum Gasteiger partial charge on any atom is -0.0333 e. The van der Waals surface area contributed by atoms with Crippen LogP contribution in [0.2, 0.25) is 0 Å². The molecule has 0 aliphatic carbocycles. The predicted octanol–water partition coefficient (Wildman–Crippen LogP) is 6.79. The topological polar surface area (TPSA) is 0 Å². The van der Waals surface area contributed by atoms with Gasteiger partial charge in [-0.15, -0.1) is 39.7 Å². The van der Waals surface area contributed by atoms with Crippen molar-refractivity contribution in [2.24, 2.45) is 0 Å². The van der Waals surface area contributed by atoms with Crippen molar-refractivity contribution in [2.75, 3.05) is 0 Å². The van der Waals surface area contributed by atoms with E-state index >= 15 is 0 Å². The van der Waals surface area contributed by atoms with Crippen molar-refractivity contribution in [1.29, 1.82) is 0 Å². The third kappa shape index (κ3) is 4.69. The summed E-state index contributed by atoms with van der Waals surface area (Å²) in [5.41, 5.74) is 0. The van der Waals surface area contributed by atoms with Crippen molar-refractivity contribution in [3.8, 4) is 0 Å². The molecule has 0 bridgehead atoms. The van der Waals surface area contributed by atoms with Crippen LogP contribution in [-0.2, 0) is 23.3 Å². The van der Waals surface area contributed by atoms with E-state index in [4.69, 9.17) is 0 Å². The molecule has 0 amide bonds. The number of hydrogen-bond acceptors (Lipinski definition) is 0. The van der Waals surface area contributed by atoms with E-state index in [-0.39, 0.29) is 14.9 Å². The Hall–Kier alpha value is -1.76. The molecule has 0 aromatic heterocycles. The van der Waals surface area contributed by atoms with Gasteiger partial charge in [-0.3, -0.25) is 0 Å². The molecule has 5 aromatic carbocycles. The van der Waals surface area contributed by atoms with Gasteiger partial charge in [-0.2, -0.15) is 18.2 Å². The van der Waals surface area contributed by atoms with E-state index < -0.39 is 0 Å². The van der Waals surface area contributed by atoms with Gasteiger partial charge >= 0.3 is 30.2 Å². The largest absolute Gasteiger partial charge is 0.214 e. The number of hydrogen-bond donors (Lipinski definition) is 0. The molecule has 0 heterocycles. The standard InChI is InChI=1S/C17H11.C5H5.2CH3.Si.Zr/c1-3-7-15-12(5-1)9-10-14-11-13-6-2-4-8-16(13)17(14)15;1-2-4-5-3-1;;;;/h1-11H;1-5H;2*1H3;;/q4*-1;;. The summed E-state index contributed by atoms with van der Waals surface area (Å²) in [4.78, 5) is 0. The van der Waals surface area contributed by atoms with Gasteiger partial charge in [0.05, 0.1) is 0 Å². The smallest absolute Gasteiger partial charge is 0.0333 e. The molecule has 130 valence electrons. The van der Waals surface area contributed by atoms with E-state index in [2.05, 4.69) is 73.6 Å². The maximum atomic E-state index is 3.06. The number of fused-ring (bicyclic) bond motifs is 5. The zero-order chi connectivity index (χ0) is 16.8. The molecule has 0 atom stereocenters. The molecule has 5 rings (SSSR count). The van der Waals surface area contributed by atoms with Crippen molar-refractivity contribution >= 4 is 39.2 Å². The Morgan fingerprint density at radius 3 is 1.88 bits per heavy atom. The van der Waals surface area contributed by atoms with E-state index in [1.807, 2.05) is 30.3 Å². The van der Waals surface area contributed by atoms with Gasteiger partial charge in [0.2, 0.25) is 0 Å². The van der Waals surface area contributed by atoms with Crippen LogP contribution in [0.15, 0.2) is 97.1 Å². The summed E-state index contributed by atoms with van der Waals surface area (Å²) in [5.74, 6) is 0. The van der Waals surface area contributed by atoms with Crippen molar-refractivity contribution in [3.05, 3.63) is 112 Å². The van der Waals surface area contributed by atoms with E-state index in [9.17, 15) is 0 Å². The van der Waals surface area contributed by atoms with E-state index in [1.165, 1.54) is 55.7 Å². The van der Waals surface area contributed by atoms with Crippen LogP contribution in [0.3, 0.4) is 0 Å². The van der Waals surface area contributed by atoms with Crippen LogP contribution in [0.1, 0.15) is 0 Å². The van der Waals surface area contributed by atoms with Crippen LogP contribution in [0.5, 0.6) is 0 Å². The summed E-state index contributed by atoms with van der Waals surface area (Å²) in [6.45, 7) is 3.06. The average molecular weight is 430 g/mol. The molecular weight excluding hydrogens is 408 g/mol. The van der Waals surface area contributed by atoms with Gasteiger partial charge in [0.25, 0.3) is 0 Å². The van der Waals surface area contributed by atoms with Crippen LogP contribution in [0.25, 0.3) is 32.3 Å². The summed E-state index contributed by atoms with van der Waals surface area (Å²) >= 11 is 1.36. The van der Waals surface area contributed by atoms with Gasteiger partial charge in [-0.05, 0) is 5.39 Å². The van der Waals surface area contributed by atoms with E-state index in [1.54, 1.807) is 0 Å². The van der Waals surface area contributed by atoms with Gasteiger partial charge in [0.1, 0.15) is 0 Å². The van der Waals surface area contributed by atoms with Crippen LogP contribution < -0.4 is 0 Å². The van der Waals surface area contributed by atoms with E-state index in [0.717, 1.165) is 0 Å². The molecule has 5 aromatic rings. The van der Waals surface area contributed by atoms with Gasteiger partial charge < -0.3 is 14.9 Å². The van der Waals surface area contributed by atoms with Gasteiger partial charge in [-0.1, -0.05) is 53.9 Å². The monoisotopic (exact) mass is 428 g/mol. The molecule has 0 spiro atoms. The average Bonchev–Trinajstić information content (AvgIpc) is 3.34. The zero-order valence-electron chi connectivity index (χ0n) is 15.2. The fourth-order valence-corrected chi connectivity index (χ4v) is 3.05. The fraction of sp³-hybridized carbons (Fsp3) is 0. The Labute approximate surface area is 173 Å². The Morgan fingerprint density at radius 1 is 0.615 bits per heavy atom. The van der Waals surface area contributed by atoms with Crippen molar-refractivity contribution in [2.45, 2.75) is 0 Å². The van der Waals surface area contributed by atoms with Crippen LogP contribution in [-0.4, -0.2) is 6.88 Å². The molecule has 0 nitrogen and oxygen atoms in total. The molecule has 0 aliphatic heterocycles. The molecule has 0 aliphatic rings. The summed E-state index contributed by atoms with van der Waals surface area (Å²) in [6, 6.07) is 33.9. The molecule has 2 heteroatoms. The van der Waals surface area contributed by atoms with E-state index in [0.29, 0.717) is 0 Å². The quantitative estimate of drug-likeness (QED) is 0.188. The van der Waals surface area contributed by atoms with Crippen LogP contribution in [0.4, 0.5) is 0 Å². The minimum atomic E-state index is 0. The first kappa shape index (κ1) is 22.3. The Morgan fingerprint density at radius 2 is 1.23 bits per heavy atom. The van der Waals surface area contributed by atoms with Crippen LogP contribution in [0, 0.1) is 14.9 Å². The third-order valence-corrected chi connectivity index (χ3v) is 4.06. The van der Waals surface area contributed by atoms with Gasteiger partial charge in [0, 0.05) is 0 Å². The van der Waals surface area contributed by atoms with Crippen molar-refractivity contribution in [3.63, 3.8) is 0 Å². The fourth-order valence-electron chi connectivity index (χ4n) is 3.05. The SMILES string of the molecule is [CH3-].[CH3-].[Si]=[Zr].c1cc[cH-]c1.c1ccc2c(c1)ccc1[cH-]c3ccccc3c12.